The lowest BCUT2D eigenvalue weighted by Gasteiger charge is -2.09. The lowest BCUT2D eigenvalue weighted by Crippen LogP contribution is -2.12. The second kappa shape index (κ2) is 5.09. The molecule has 0 amide bonds. The van der Waals surface area contributed by atoms with Crippen molar-refractivity contribution in [3.63, 3.8) is 0 Å². The third-order valence-electron chi connectivity index (χ3n) is 2.42. The van der Waals surface area contributed by atoms with Gasteiger partial charge in [0.25, 0.3) is 0 Å². The molecule has 1 aromatic rings. The van der Waals surface area contributed by atoms with E-state index in [0.717, 1.165) is 24.5 Å². The predicted molar refractivity (Wildman–Crippen MR) is 57.8 cm³/mol. The molecule has 0 bridgehead atoms. The van der Waals surface area contributed by atoms with Gasteiger partial charge in [-0.25, -0.2) is 4.98 Å². The molecule has 2 heterocycles. The molecule has 1 aliphatic heterocycles. The zero-order valence-corrected chi connectivity index (χ0v) is 8.90. The topological polar surface area (TPSA) is 43.4 Å². The first-order chi connectivity index (χ1) is 7.38. The lowest BCUT2D eigenvalue weighted by molar-refractivity contribution is 0.0302. The maximum absolute atomic E-state index is 5.67. The van der Waals surface area contributed by atoms with Gasteiger partial charge in [0, 0.05) is 13.7 Å². The minimum absolute atomic E-state index is 0.241. The van der Waals surface area contributed by atoms with Crippen molar-refractivity contribution in [3.05, 3.63) is 23.9 Å². The van der Waals surface area contributed by atoms with Crippen molar-refractivity contribution in [1.82, 2.24) is 4.98 Å². The SMILES string of the molecule is CNc1cccc(COC2CCOC2)n1. The van der Waals surface area contributed by atoms with Crippen LogP contribution in [0.25, 0.3) is 0 Å². The number of nitrogens with zero attached hydrogens (tertiary/aromatic N) is 1. The zero-order chi connectivity index (χ0) is 10.5. The van der Waals surface area contributed by atoms with Crippen LogP contribution in [0.2, 0.25) is 0 Å². The van der Waals surface area contributed by atoms with Crippen LogP contribution >= 0.6 is 0 Å². The molecular weight excluding hydrogens is 192 g/mol. The molecule has 1 aliphatic rings. The summed E-state index contributed by atoms with van der Waals surface area (Å²) in [6.45, 7) is 2.09. The van der Waals surface area contributed by atoms with Gasteiger partial charge in [0.2, 0.25) is 0 Å². The van der Waals surface area contributed by atoms with Gasteiger partial charge in [-0.15, -0.1) is 0 Å². The Morgan fingerprint density at radius 3 is 3.27 bits per heavy atom. The molecular formula is C11H16N2O2. The second-order valence-electron chi connectivity index (χ2n) is 3.56. The van der Waals surface area contributed by atoms with Crippen molar-refractivity contribution in [2.45, 2.75) is 19.1 Å². The van der Waals surface area contributed by atoms with Crippen molar-refractivity contribution < 1.29 is 9.47 Å². The van der Waals surface area contributed by atoms with Gasteiger partial charge in [0.1, 0.15) is 5.82 Å². The first kappa shape index (κ1) is 10.4. The minimum atomic E-state index is 0.241. The van der Waals surface area contributed by atoms with Crippen LogP contribution in [0.1, 0.15) is 12.1 Å². The molecule has 82 valence electrons. The zero-order valence-electron chi connectivity index (χ0n) is 8.90. The average Bonchev–Trinajstić information content (AvgIpc) is 2.79. The van der Waals surface area contributed by atoms with E-state index in [0.29, 0.717) is 13.2 Å². The number of rotatable bonds is 4. The number of aromatic nitrogens is 1. The van der Waals surface area contributed by atoms with Gasteiger partial charge in [-0.1, -0.05) is 6.07 Å². The number of hydrogen-bond donors (Lipinski definition) is 1. The summed E-state index contributed by atoms with van der Waals surface area (Å²) in [5, 5.41) is 3.00. The highest BCUT2D eigenvalue weighted by Gasteiger charge is 2.15. The van der Waals surface area contributed by atoms with E-state index < -0.39 is 0 Å². The summed E-state index contributed by atoms with van der Waals surface area (Å²) in [6.07, 6.45) is 1.23. The molecule has 1 N–H and O–H groups in total. The molecule has 1 aromatic heterocycles. The highest BCUT2D eigenvalue weighted by molar-refractivity contribution is 5.33. The maximum atomic E-state index is 5.67. The smallest absolute Gasteiger partial charge is 0.126 e. The first-order valence-corrected chi connectivity index (χ1v) is 5.21. The fourth-order valence-electron chi connectivity index (χ4n) is 1.55. The lowest BCUT2D eigenvalue weighted by atomic mass is 10.3. The van der Waals surface area contributed by atoms with Crippen LogP contribution in [0.3, 0.4) is 0 Å². The summed E-state index contributed by atoms with van der Waals surface area (Å²) < 4.78 is 10.9. The van der Waals surface area contributed by atoms with Crippen LogP contribution < -0.4 is 5.32 Å². The Bertz CT molecular complexity index is 311. The van der Waals surface area contributed by atoms with Crippen molar-refractivity contribution >= 4 is 5.82 Å². The fraction of sp³-hybridized carbons (Fsp3) is 0.545. The summed E-state index contributed by atoms with van der Waals surface area (Å²) in [5.41, 5.74) is 0.953. The van der Waals surface area contributed by atoms with Crippen molar-refractivity contribution in [2.24, 2.45) is 0 Å². The standard InChI is InChI=1S/C11H16N2O2/c1-12-11-4-2-3-9(13-11)7-15-10-5-6-14-8-10/h2-4,10H,5-8H2,1H3,(H,12,13). The van der Waals surface area contributed by atoms with Gasteiger partial charge in [-0.2, -0.15) is 0 Å². The summed E-state index contributed by atoms with van der Waals surface area (Å²) in [5.74, 6) is 0.874. The molecule has 1 unspecified atom stereocenters. The number of ether oxygens (including phenoxy) is 2. The van der Waals surface area contributed by atoms with Crippen LogP contribution in [0.5, 0.6) is 0 Å². The van der Waals surface area contributed by atoms with E-state index >= 15 is 0 Å². The minimum Gasteiger partial charge on any atom is -0.379 e. The molecule has 0 saturated carbocycles. The van der Waals surface area contributed by atoms with Crippen molar-refractivity contribution in [3.8, 4) is 0 Å². The van der Waals surface area contributed by atoms with Crippen molar-refractivity contribution in [1.29, 1.82) is 0 Å². The third-order valence-corrected chi connectivity index (χ3v) is 2.42. The van der Waals surface area contributed by atoms with Crippen LogP contribution in [0.15, 0.2) is 18.2 Å². The van der Waals surface area contributed by atoms with Crippen LogP contribution in [0.4, 0.5) is 5.82 Å². The number of anilines is 1. The first-order valence-electron chi connectivity index (χ1n) is 5.21. The predicted octanol–water partition coefficient (Wildman–Crippen LogP) is 1.43. The Hall–Kier alpha value is -1.13. The van der Waals surface area contributed by atoms with Crippen LogP contribution in [-0.4, -0.2) is 31.3 Å². The molecule has 1 saturated heterocycles. The third kappa shape index (κ3) is 2.91. The number of nitrogens with one attached hydrogen (secondary N) is 1. The van der Waals surface area contributed by atoms with Gasteiger partial charge in [-0.3, -0.25) is 0 Å². The van der Waals surface area contributed by atoms with Crippen LogP contribution in [0, 0.1) is 0 Å². The Morgan fingerprint density at radius 1 is 1.60 bits per heavy atom. The Labute approximate surface area is 89.6 Å². The van der Waals surface area contributed by atoms with Gasteiger partial charge in [-0.05, 0) is 18.6 Å². The molecule has 2 rings (SSSR count). The van der Waals surface area contributed by atoms with E-state index in [2.05, 4.69) is 10.3 Å². The van der Waals surface area contributed by atoms with E-state index in [1.54, 1.807) is 0 Å². The molecule has 4 heteroatoms. The quantitative estimate of drug-likeness (QED) is 0.813. The molecule has 0 aromatic carbocycles. The molecule has 15 heavy (non-hydrogen) atoms. The van der Waals surface area contributed by atoms with Gasteiger partial charge < -0.3 is 14.8 Å². The molecule has 4 nitrogen and oxygen atoms in total. The normalized spacial score (nSPS) is 20.5. The monoisotopic (exact) mass is 208 g/mol. The second-order valence-corrected chi connectivity index (χ2v) is 3.56. The number of pyridine rings is 1. The molecule has 0 radical (unpaired) electrons. The summed E-state index contributed by atoms with van der Waals surface area (Å²) in [6, 6.07) is 5.88. The van der Waals surface area contributed by atoms with Gasteiger partial charge in [0.05, 0.1) is 25.0 Å². The summed E-state index contributed by atoms with van der Waals surface area (Å²) >= 11 is 0. The molecule has 0 aliphatic carbocycles. The summed E-state index contributed by atoms with van der Waals surface area (Å²) in [4.78, 5) is 4.38. The van der Waals surface area contributed by atoms with E-state index in [9.17, 15) is 0 Å². The van der Waals surface area contributed by atoms with Gasteiger partial charge in [0.15, 0.2) is 0 Å². The van der Waals surface area contributed by atoms with E-state index in [1.165, 1.54) is 0 Å². The summed E-state index contributed by atoms with van der Waals surface area (Å²) in [7, 11) is 1.86. The van der Waals surface area contributed by atoms with E-state index in [1.807, 2.05) is 25.2 Å². The van der Waals surface area contributed by atoms with Crippen LogP contribution in [-0.2, 0) is 16.1 Å². The maximum Gasteiger partial charge on any atom is 0.126 e. The molecule has 0 spiro atoms. The average molecular weight is 208 g/mol. The van der Waals surface area contributed by atoms with E-state index in [4.69, 9.17) is 9.47 Å². The molecule has 1 fully saturated rings. The Kier molecular flexibility index (Phi) is 3.53. The fourth-order valence-corrected chi connectivity index (χ4v) is 1.55. The molecule has 1 atom stereocenters. The van der Waals surface area contributed by atoms with E-state index in [-0.39, 0.29) is 6.10 Å². The highest BCUT2D eigenvalue weighted by atomic mass is 16.5. The largest absolute Gasteiger partial charge is 0.379 e. The Balaban J connectivity index is 1.86. The van der Waals surface area contributed by atoms with Gasteiger partial charge >= 0.3 is 0 Å². The van der Waals surface area contributed by atoms with Crippen molar-refractivity contribution in [2.75, 3.05) is 25.6 Å². The highest BCUT2D eigenvalue weighted by Crippen LogP contribution is 2.11. The Morgan fingerprint density at radius 2 is 2.53 bits per heavy atom. The number of hydrogen-bond acceptors (Lipinski definition) is 4.